The zero-order valence-corrected chi connectivity index (χ0v) is 14.9. The fourth-order valence-corrected chi connectivity index (χ4v) is 2.85. The van der Waals surface area contributed by atoms with Crippen molar-refractivity contribution < 1.29 is 14.4 Å². The van der Waals surface area contributed by atoms with E-state index in [1.54, 1.807) is 31.3 Å². The van der Waals surface area contributed by atoms with Gasteiger partial charge in [-0.1, -0.05) is 35.9 Å². The van der Waals surface area contributed by atoms with Gasteiger partial charge >= 0.3 is 6.03 Å². The van der Waals surface area contributed by atoms with Crippen LogP contribution in [0.1, 0.15) is 23.6 Å². The van der Waals surface area contributed by atoms with E-state index < -0.39 is 23.4 Å². The first-order chi connectivity index (χ1) is 12.3. The summed E-state index contributed by atoms with van der Waals surface area (Å²) in [5.74, 6) is -0.534. The topological polar surface area (TPSA) is 91.4 Å². The lowest BCUT2D eigenvalue weighted by atomic mass is 9.91. The van der Waals surface area contributed by atoms with Crippen LogP contribution in [0.2, 0.25) is 0 Å². The number of carbonyl (C=O) groups excluding carboxylic acids is 3. The van der Waals surface area contributed by atoms with Crippen molar-refractivity contribution in [3.63, 3.8) is 0 Å². The molecule has 26 heavy (non-hydrogen) atoms. The van der Waals surface area contributed by atoms with E-state index in [0.29, 0.717) is 11.4 Å². The van der Waals surface area contributed by atoms with Crippen LogP contribution in [0, 0.1) is 13.8 Å². The predicted octanol–water partition coefficient (Wildman–Crippen LogP) is 2.10. The van der Waals surface area contributed by atoms with Crippen LogP contribution in [0.5, 0.6) is 0 Å². The monoisotopic (exact) mass is 352 g/mol. The highest BCUT2D eigenvalue weighted by molar-refractivity contribution is 6.10. The quantitative estimate of drug-likeness (QED) is 0.825. The molecule has 1 saturated heterocycles. The van der Waals surface area contributed by atoms with Crippen molar-refractivity contribution in [3.05, 3.63) is 59.3 Å². The summed E-state index contributed by atoms with van der Waals surface area (Å²) in [5.41, 5.74) is 1.33. The van der Waals surface area contributed by atoms with E-state index in [9.17, 15) is 14.4 Å². The molecule has 0 bridgehead atoms. The summed E-state index contributed by atoms with van der Waals surface area (Å²) in [4.78, 5) is 42.4. The Morgan fingerprint density at radius 2 is 1.88 bits per heavy atom. The molecule has 1 fully saturated rings. The van der Waals surface area contributed by atoms with Gasteiger partial charge in [0, 0.05) is 6.20 Å². The molecule has 7 nitrogen and oxygen atoms in total. The van der Waals surface area contributed by atoms with Gasteiger partial charge in [0.05, 0.1) is 0 Å². The Morgan fingerprint density at radius 3 is 2.54 bits per heavy atom. The minimum absolute atomic E-state index is 0.373. The van der Waals surface area contributed by atoms with Gasteiger partial charge in [-0.25, -0.2) is 9.78 Å². The van der Waals surface area contributed by atoms with Crippen molar-refractivity contribution >= 4 is 23.7 Å². The lowest BCUT2D eigenvalue weighted by molar-refractivity contribution is -0.133. The number of benzene rings is 1. The van der Waals surface area contributed by atoms with Gasteiger partial charge in [-0.3, -0.25) is 14.5 Å². The largest absolute Gasteiger partial charge is 0.325 e. The van der Waals surface area contributed by atoms with Gasteiger partial charge in [-0.05, 0) is 38.0 Å². The number of hydrogen-bond donors (Lipinski definition) is 2. The molecule has 1 aromatic heterocycles. The van der Waals surface area contributed by atoms with Gasteiger partial charge in [0.2, 0.25) is 5.91 Å². The number of imide groups is 1. The molecule has 0 aliphatic carbocycles. The van der Waals surface area contributed by atoms with Crippen molar-refractivity contribution in [1.29, 1.82) is 0 Å². The van der Waals surface area contributed by atoms with Gasteiger partial charge in [0.15, 0.2) is 0 Å². The Morgan fingerprint density at radius 1 is 1.19 bits per heavy atom. The first-order valence-corrected chi connectivity index (χ1v) is 8.24. The summed E-state index contributed by atoms with van der Waals surface area (Å²) in [6.45, 7) is 5.02. The van der Waals surface area contributed by atoms with Crippen LogP contribution in [0.4, 0.5) is 10.6 Å². The van der Waals surface area contributed by atoms with E-state index in [0.717, 1.165) is 16.0 Å². The Labute approximate surface area is 151 Å². The number of nitrogens with zero attached hydrogens (tertiary/aromatic N) is 2. The molecule has 0 spiro atoms. The minimum Gasteiger partial charge on any atom is -0.319 e. The summed E-state index contributed by atoms with van der Waals surface area (Å²) in [6.07, 6.45) is 1.56. The number of urea groups is 1. The van der Waals surface area contributed by atoms with Gasteiger partial charge in [-0.2, -0.15) is 0 Å². The van der Waals surface area contributed by atoms with E-state index in [1.165, 1.54) is 0 Å². The average Bonchev–Trinajstić information content (AvgIpc) is 2.82. The molecule has 2 aromatic rings. The second kappa shape index (κ2) is 6.59. The Balaban J connectivity index is 1.76. The van der Waals surface area contributed by atoms with Crippen LogP contribution in [-0.2, 0) is 15.1 Å². The van der Waals surface area contributed by atoms with Gasteiger partial charge in [-0.15, -0.1) is 0 Å². The molecule has 7 heteroatoms. The maximum Gasteiger partial charge on any atom is 0.325 e. The fraction of sp³-hybridized carbons (Fsp3) is 0.263. The lowest BCUT2D eigenvalue weighted by Crippen LogP contribution is -2.42. The van der Waals surface area contributed by atoms with Crippen molar-refractivity contribution in [1.82, 2.24) is 15.2 Å². The SMILES string of the molecule is Cc1ccc(C2(C)NC(=O)N(CC(=O)Nc3ncccc3C)C2=O)cc1. The van der Waals surface area contributed by atoms with Crippen molar-refractivity contribution in [3.8, 4) is 0 Å². The highest BCUT2D eigenvalue weighted by atomic mass is 16.2. The second-order valence-corrected chi connectivity index (χ2v) is 6.53. The maximum atomic E-state index is 12.8. The smallest absolute Gasteiger partial charge is 0.319 e. The predicted molar refractivity (Wildman–Crippen MR) is 96.4 cm³/mol. The normalized spacial score (nSPS) is 19.4. The Hall–Kier alpha value is -3.22. The highest BCUT2D eigenvalue weighted by Crippen LogP contribution is 2.28. The maximum absolute atomic E-state index is 12.8. The van der Waals surface area contributed by atoms with Crippen LogP contribution < -0.4 is 10.6 Å². The lowest BCUT2D eigenvalue weighted by Gasteiger charge is -2.22. The van der Waals surface area contributed by atoms with Gasteiger partial charge < -0.3 is 10.6 Å². The van der Waals surface area contributed by atoms with Crippen molar-refractivity contribution in [2.75, 3.05) is 11.9 Å². The number of amides is 4. The molecular formula is C19H20N4O3. The Kier molecular flexibility index (Phi) is 4.46. The number of carbonyl (C=O) groups is 3. The van der Waals surface area contributed by atoms with Crippen molar-refractivity contribution in [2.24, 2.45) is 0 Å². The van der Waals surface area contributed by atoms with E-state index in [-0.39, 0.29) is 6.54 Å². The number of hydrogen-bond acceptors (Lipinski definition) is 4. The van der Waals surface area contributed by atoms with Crippen LogP contribution in [0.3, 0.4) is 0 Å². The van der Waals surface area contributed by atoms with Gasteiger partial charge in [0.1, 0.15) is 17.9 Å². The number of aryl methyl sites for hydroxylation is 2. The fourth-order valence-electron chi connectivity index (χ4n) is 2.85. The second-order valence-electron chi connectivity index (χ2n) is 6.53. The zero-order valence-electron chi connectivity index (χ0n) is 14.9. The molecule has 2 heterocycles. The number of rotatable bonds is 4. The third-order valence-corrected chi connectivity index (χ3v) is 4.47. The first-order valence-electron chi connectivity index (χ1n) is 8.24. The molecule has 0 radical (unpaired) electrons. The summed E-state index contributed by atoms with van der Waals surface area (Å²) < 4.78 is 0. The first kappa shape index (κ1) is 17.6. The van der Waals surface area contributed by atoms with Crippen molar-refractivity contribution in [2.45, 2.75) is 26.3 Å². The molecule has 0 saturated carbocycles. The van der Waals surface area contributed by atoms with E-state index in [4.69, 9.17) is 0 Å². The number of aromatic nitrogens is 1. The molecule has 1 atom stereocenters. The molecule has 1 unspecified atom stereocenters. The van der Waals surface area contributed by atoms with Gasteiger partial charge in [0.25, 0.3) is 5.91 Å². The molecule has 4 amide bonds. The third-order valence-electron chi connectivity index (χ3n) is 4.47. The Bertz CT molecular complexity index is 879. The molecule has 134 valence electrons. The van der Waals surface area contributed by atoms with Crippen LogP contribution in [-0.4, -0.2) is 34.3 Å². The molecule has 2 N–H and O–H groups in total. The molecule has 3 rings (SSSR count). The number of pyridine rings is 1. The average molecular weight is 352 g/mol. The number of anilines is 1. The standard InChI is InChI=1S/C19H20N4O3/c1-12-6-8-14(9-7-12)19(3)17(25)23(18(26)22-19)11-15(24)21-16-13(2)5-4-10-20-16/h4-10H,11H2,1-3H3,(H,22,26)(H,20,21,24). The van der Waals surface area contributed by atoms with E-state index in [2.05, 4.69) is 15.6 Å². The molecule has 1 aliphatic heterocycles. The van der Waals surface area contributed by atoms with Crippen LogP contribution in [0.15, 0.2) is 42.6 Å². The van der Waals surface area contributed by atoms with Crippen LogP contribution >= 0.6 is 0 Å². The number of nitrogens with one attached hydrogen (secondary N) is 2. The summed E-state index contributed by atoms with van der Waals surface area (Å²) in [5, 5.41) is 5.32. The van der Waals surface area contributed by atoms with Crippen LogP contribution in [0.25, 0.3) is 0 Å². The molecule has 1 aliphatic rings. The summed E-state index contributed by atoms with van der Waals surface area (Å²) >= 11 is 0. The zero-order chi connectivity index (χ0) is 18.9. The van der Waals surface area contributed by atoms with E-state index in [1.807, 2.05) is 32.0 Å². The van der Waals surface area contributed by atoms with E-state index >= 15 is 0 Å². The molecule has 1 aromatic carbocycles. The summed E-state index contributed by atoms with van der Waals surface area (Å²) in [7, 11) is 0. The highest BCUT2D eigenvalue weighted by Gasteiger charge is 2.49. The minimum atomic E-state index is -1.19. The third kappa shape index (κ3) is 3.15. The summed E-state index contributed by atoms with van der Waals surface area (Å²) in [6, 6.07) is 10.3. The molecular weight excluding hydrogens is 332 g/mol.